The van der Waals surface area contributed by atoms with Crippen LogP contribution in [-0.4, -0.2) is 47.0 Å². The number of nitrogens with zero attached hydrogens (tertiary/aromatic N) is 1. The molecule has 3 unspecified atom stereocenters. The first-order chi connectivity index (χ1) is 18.4. The second-order valence-electron chi connectivity index (χ2n) is 11.6. The molecule has 0 aliphatic carbocycles. The van der Waals surface area contributed by atoms with Gasteiger partial charge in [0.25, 0.3) is 0 Å². The molecule has 0 bridgehead atoms. The summed E-state index contributed by atoms with van der Waals surface area (Å²) in [7, 11) is 0. The molecule has 1 aromatic carbocycles. The lowest BCUT2D eigenvalue weighted by molar-refractivity contribution is -0.143. The first-order valence-electron chi connectivity index (χ1n) is 14.5. The molecule has 1 rings (SSSR count). The van der Waals surface area contributed by atoms with E-state index >= 15 is 0 Å². The van der Waals surface area contributed by atoms with Gasteiger partial charge in [0, 0.05) is 18.2 Å². The van der Waals surface area contributed by atoms with E-state index in [0.29, 0.717) is 24.1 Å². The van der Waals surface area contributed by atoms with E-state index in [-0.39, 0.29) is 23.8 Å². The summed E-state index contributed by atoms with van der Waals surface area (Å²) in [5.74, 6) is 1.88. The normalized spacial score (nSPS) is 13.6. The van der Waals surface area contributed by atoms with Gasteiger partial charge in [0.05, 0.1) is 0 Å². The first kappa shape index (κ1) is 34.0. The molecule has 0 saturated carbocycles. The van der Waals surface area contributed by atoms with E-state index in [1.807, 2.05) is 39.8 Å². The van der Waals surface area contributed by atoms with Crippen molar-refractivity contribution in [1.29, 1.82) is 0 Å². The van der Waals surface area contributed by atoms with Crippen LogP contribution in [0.2, 0.25) is 0 Å². The monoisotopic (exact) mass is 541 g/mol. The van der Waals surface area contributed by atoms with Crippen LogP contribution in [0.1, 0.15) is 118 Å². The number of carbonyl (C=O) groups is 3. The van der Waals surface area contributed by atoms with Crippen LogP contribution in [0, 0.1) is 18.3 Å². The number of carbonyl (C=O) groups excluding carboxylic acids is 3. The van der Waals surface area contributed by atoms with Crippen LogP contribution in [0.15, 0.2) is 24.3 Å². The summed E-state index contributed by atoms with van der Waals surface area (Å²) in [5, 5.41) is 5.80. The molecule has 3 amide bonds. The Hall–Kier alpha value is -3.01. The highest BCUT2D eigenvalue weighted by atomic mass is 16.6. The Morgan fingerprint density at radius 3 is 2.15 bits per heavy atom. The summed E-state index contributed by atoms with van der Waals surface area (Å²) in [6.45, 7) is 15.5. The lowest BCUT2D eigenvalue weighted by Gasteiger charge is -2.36. The lowest BCUT2D eigenvalue weighted by atomic mass is 9.93. The molecule has 3 atom stereocenters. The maximum absolute atomic E-state index is 14.3. The van der Waals surface area contributed by atoms with Gasteiger partial charge in [-0.3, -0.25) is 9.59 Å². The smallest absolute Gasteiger partial charge is 0.408 e. The van der Waals surface area contributed by atoms with E-state index in [1.165, 1.54) is 6.42 Å². The Morgan fingerprint density at radius 2 is 1.59 bits per heavy atom. The van der Waals surface area contributed by atoms with Gasteiger partial charge >= 0.3 is 6.09 Å². The fourth-order valence-electron chi connectivity index (χ4n) is 4.41. The van der Waals surface area contributed by atoms with Gasteiger partial charge in [0.15, 0.2) is 0 Å². The van der Waals surface area contributed by atoms with E-state index in [4.69, 9.17) is 11.2 Å². The minimum atomic E-state index is -0.935. The molecule has 0 fully saturated rings. The molecule has 0 spiro atoms. The zero-order chi connectivity index (χ0) is 29.6. The molecule has 0 aliphatic heterocycles. The zero-order valence-electron chi connectivity index (χ0n) is 25.4. The number of nitrogens with one attached hydrogen (secondary N) is 2. The Kier molecular flexibility index (Phi) is 14.7. The number of hydrogen-bond acceptors (Lipinski definition) is 4. The largest absolute Gasteiger partial charge is 0.444 e. The molecule has 1 aromatic rings. The first-order valence-corrected chi connectivity index (χ1v) is 14.5. The fourth-order valence-corrected chi connectivity index (χ4v) is 4.41. The van der Waals surface area contributed by atoms with Crippen LogP contribution in [0.4, 0.5) is 4.79 Å². The maximum atomic E-state index is 14.3. The molecule has 0 saturated heterocycles. The van der Waals surface area contributed by atoms with Crippen molar-refractivity contribution in [2.24, 2.45) is 5.92 Å². The maximum Gasteiger partial charge on any atom is 0.408 e. The zero-order valence-corrected chi connectivity index (χ0v) is 25.4. The predicted octanol–water partition coefficient (Wildman–Crippen LogP) is 6.36. The molecule has 7 heteroatoms. The summed E-state index contributed by atoms with van der Waals surface area (Å²) in [6, 6.07) is 5.30. The van der Waals surface area contributed by atoms with Crippen molar-refractivity contribution >= 4 is 17.9 Å². The van der Waals surface area contributed by atoms with Crippen LogP contribution in [-0.2, 0) is 14.3 Å². The third-order valence-corrected chi connectivity index (χ3v) is 6.59. The number of hydrogen-bond donors (Lipinski definition) is 2. The van der Waals surface area contributed by atoms with Crippen molar-refractivity contribution < 1.29 is 19.1 Å². The van der Waals surface area contributed by atoms with Gasteiger partial charge in [0.1, 0.15) is 17.7 Å². The summed E-state index contributed by atoms with van der Waals surface area (Å²) < 4.78 is 5.48. The highest BCUT2D eigenvalue weighted by molar-refractivity contribution is 5.92. The molecular formula is C32H51N3O4. The predicted molar refractivity (Wildman–Crippen MR) is 158 cm³/mol. The molecule has 0 heterocycles. The standard InChI is InChI=1S/C32H51N3O4/c1-10-13-14-15-16-19-22-35(30(37)27(24(6)11-2)34-31(38)39-32(7,8)9)28(29(36)33-23(4)5)26-21-18-17-20-25(26)12-3/h3,17-18,20-21,23-24,27-28H,10-11,13-16,19,22H2,1-2,4-9H3,(H,33,36)(H,34,38). The van der Waals surface area contributed by atoms with Gasteiger partial charge < -0.3 is 20.3 Å². The van der Waals surface area contributed by atoms with Crippen molar-refractivity contribution in [2.75, 3.05) is 6.54 Å². The van der Waals surface area contributed by atoms with Crippen molar-refractivity contribution in [3.8, 4) is 12.3 Å². The van der Waals surface area contributed by atoms with E-state index in [9.17, 15) is 14.4 Å². The van der Waals surface area contributed by atoms with Crippen LogP contribution in [0.5, 0.6) is 0 Å². The van der Waals surface area contributed by atoms with Gasteiger partial charge in [-0.1, -0.05) is 83.4 Å². The van der Waals surface area contributed by atoms with Crippen molar-refractivity contribution in [1.82, 2.24) is 15.5 Å². The van der Waals surface area contributed by atoms with Gasteiger partial charge in [-0.25, -0.2) is 4.79 Å². The number of ether oxygens (including phenoxy) is 1. The summed E-state index contributed by atoms with van der Waals surface area (Å²) in [6.07, 6.45) is 12.0. The molecule has 218 valence electrons. The van der Waals surface area contributed by atoms with E-state index in [0.717, 1.165) is 32.1 Å². The van der Waals surface area contributed by atoms with Crippen molar-refractivity contribution in [3.63, 3.8) is 0 Å². The third kappa shape index (κ3) is 11.7. The van der Waals surface area contributed by atoms with E-state index < -0.39 is 23.8 Å². The van der Waals surface area contributed by atoms with Crippen LogP contribution in [0.3, 0.4) is 0 Å². The Balaban J connectivity index is 3.54. The van der Waals surface area contributed by atoms with Gasteiger partial charge in [0.2, 0.25) is 11.8 Å². The molecule has 2 N–H and O–H groups in total. The molecule has 39 heavy (non-hydrogen) atoms. The number of amides is 3. The highest BCUT2D eigenvalue weighted by Crippen LogP contribution is 2.28. The Bertz CT molecular complexity index is 961. The Morgan fingerprint density at radius 1 is 0.974 bits per heavy atom. The van der Waals surface area contributed by atoms with Crippen LogP contribution in [0.25, 0.3) is 0 Å². The average Bonchev–Trinajstić information content (AvgIpc) is 2.86. The number of unbranched alkanes of at least 4 members (excludes halogenated alkanes) is 5. The highest BCUT2D eigenvalue weighted by Gasteiger charge is 2.38. The molecular weight excluding hydrogens is 490 g/mol. The van der Waals surface area contributed by atoms with E-state index in [1.54, 1.807) is 37.8 Å². The lowest BCUT2D eigenvalue weighted by Crippen LogP contribution is -2.55. The topological polar surface area (TPSA) is 87.7 Å². The SMILES string of the molecule is C#Cc1ccccc1C(C(=O)NC(C)C)N(CCCCCCCC)C(=O)C(NC(=O)OC(C)(C)C)C(C)CC. The molecule has 0 radical (unpaired) electrons. The second kappa shape index (κ2) is 16.8. The number of rotatable bonds is 15. The Labute approximate surface area is 236 Å². The number of alkyl carbamates (subject to hydrolysis) is 1. The van der Waals surface area contributed by atoms with Gasteiger partial charge in [-0.15, -0.1) is 6.42 Å². The quantitative estimate of drug-likeness (QED) is 0.200. The minimum Gasteiger partial charge on any atom is -0.444 e. The third-order valence-electron chi connectivity index (χ3n) is 6.59. The molecule has 0 aromatic heterocycles. The van der Waals surface area contributed by atoms with Gasteiger partial charge in [-0.05, 0) is 58.6 Å². The van der Waals surface area contributed by atoms with Crippen LogP contribution < -0.4 is 10.6 Å². The average molecular weight is 542 g/mol. The minimum absolute atomic E-state index is 0.130. The van der Waals surface area contributed by atoms with Crippen molar-refractivity contribution in [2.45, 2.75) is 124 Å². The van der Waals surface area contributed by atoms with E-state index in [2.05, 4.69) is 23.5 Å². The summed E-state index contributed by atoms with van der Waals surface area (Å²) in [4.78, 5) is 42.5. The molecule has 0 aliphatic rings. The number of terminal acetylenes is 1. The summed E-state index contributed by atoms with van der Waals surface area (Å²) >= 11 is 0. The molecule has 7 nitrogen and oxygen atoms in total. The van der Waals surface area contributed by atoms with Crippen molar-refractivity contribution in [3.05, 3.63) is 35.4 Å². The number of benzene rings is 1. The van der Waals surface area contributed by atoms with Crippen LogP contribution >= 0.6 is 0 Å². The van der Waals surface area contributed by atoms with Gasteiger partial charge in [-0.2, -0.15) is 0 Å². The summed E-state index contributed by atoms with van der Waals surface area (Å²) in [5.41, 5.74) is 0.441. The second-order valence-corrected chi connectivity index (χ2v) is 11.6. The fraction of sp³-hybridized carbons (Fsp3) is 0.656.